The second kappa shape index (κ2) is 10.3. The van der Waals surface area contributed by atoms with Gasteiger partial charge < -0.3 is 11.1 Å². The SMILES string of the molecule is CCCCC/C(N)=C(\CC)C(=NC)NCc1ccccc1Cl. The van der Waals surface area contributed by atoms with Gasteiger partial charge in [0, 0.05) is 29.9 Å². The summed E-state index contributed by atoms with van der Waals surface area (Å²) in [5, 5.41) is 4.14. The maximum atomic E-state index is 6.28. The van der Waals surface area contributed by atoms with E-state index in [1.807, 2.05) is 24.3 Å². The van der Waals surface area contributed by atoms with Gasteiger partial charge >= 0.3 is 0 Å². The zero-order chi connectivity index (χ0) is 16.4. The van der Waals surface area contributed by atoms with E-state index in [0.29, 0.717) is 6.54 Å². The average Bonchev–Trinajstić information content (AvgIpc) is 2.53. The number of amidine groups is 1. The first-order chi connectivity index (χ1) is 10.6. The predicted octanol–water partition coefficient (Wildman–Crippen LogP) is 4.66. The number of nitrogens with zero attached hydrogens (tertiary/aromatic N) is 1. The van der Waals surface area contributed by atoms with Crippen LogP contribution < -0.4 is 11.1 Å². The predicted molar refractivity (Wildman–Crippen MR) is 97.3 cm³/mol. The Hall–Kier alpha value is -1.48. The van der Waals surface area contributed by atoms with Gasteiger partial charge in [0.2, 0.25) is 0 Å². The molecule has 0 aromatic heterocycles. The molecule has 4 heteroatoms. The van der Waals surface area contributed by atoms with E-state index in [0.717, 1.165) is 47.0 Å². The molecule has 1 aromatic carbocycles. The van der Waals surface area contributed by atoms with E-state index in [2.05, 4.69) is 24.2 Å². The summed E-state index contributed by atoms with van der Waals surface area (Å²) in [6, 6.07) is 7.84. The van der Waals surface area contributed by atoms with Gasteiger partial charge in [0.1, 0.15) is 5.84 Å². The van der Waals surface area contributed by atoms with Crippen LogP contribution in [0.1, 0.15) is 51.5 Å². The minimum atomic E-state index is 0.651. The molecule has 0 bridgehead atoms. The highest BCUT2D eigenvalue weighted by Gasteiger charge is 2.10. The van der Waals surface area contributed by atoms with E-state index in [1.54, 1.807) is 7.05 Å². The van der Waals surface area contributed by atoms with Gasteiger partial charge in [-0.1, -0.05) is 56.5 Å². The molecule has 1 rings (SSSR count). The molecule has 0 radical (unpaired) electrons. The van der Waals surface area contributed by atoms with E-state index in [9.17, 15) is 0 Å². The smallest absolute Gasteiger partial charge is 0.125 e. The van der Waals surface area contributed by atoms with Crippen molar-refractivity contribution < 1.29 is 0 Å². The average molecular weight is 322 g/mol. The van der Waals surface area contributed by atoms with Crippen LogP contribution in [0.4, 0.5) is 0 Å². The standard InChI is InChI=1S/C18H28ClN3/c1-4-6-7-12-17(20)15(5-2)18(21-3)22-13-14-10-8-9-11-16(14)19/h8-11H,4-7,12-13,20H2,1-3H3,(H,21,22)/b17-15-. The van der Waals surface area contributed by atoms with Crippen LogP contribution in [-0.2, 0) is 6.54 Å². The largest absolute Gasteiger partial charge is 0.402 e. The lowest BCUT2D eigenvalue weighted by atomic mass is 10.0. The van der Waals surface area contributed by atoms with Gasteiger partial charge in [-0.25, -0.2) is 0 Å². The Morgan fingerprint density at radius 2 is 1.95 bits per heavy atom. The summed E-state index contributed by atoms with van der Waals surface area (Å²) in [4.78, 5) is 4.38. The summed E-state index contributed by atoms with van der Waals surface area (Å²) in [6.45, 7) is 4.97. The van der Waals surface area contributed by atoms with Gasteiger partial charge in [-0.2, -0.15) is 0 Å². The van der Waals surface area contributed by atoms with Crippen LogP contribution in [0.15, 0.2) is 40.5 Å². The number of halogens is 1. The molecule has 0 amide bonds. The van der Waals surface area contributed by atoms with Crippen LogP contribution in [0.3, 0.4) is 0 Å². The molecule has 22 heavy (non-hydrogen) atoms. The van der Waals surface area contributed by atoms with Gasteiger partial charge in [-0.3, -0.25) is 4.99 Å². The Balaban J connectivity index is 2.76. The number of aliphatic imine (C=N–C) groups is 1. The number of hydrogen-bond acceptors (Lipinski definition) is 2. The fourth-order valence-corrected chi connectivity index (χ4v) is 2.61. The number of hydrogen-bond donors (Lipinski definition) is 2. The number of nitrogens with two attached hydrogens (primary N) is 1. The van der Waals surface area contributed by atoms with Gasteiger partial charge in [0.15, 0.2) is 0 Å². The van der Waals surface area contributed by atoms with E-state index in [-0.39, 0.29) is 0 Å². The lowest BCUT2D eigenvalue weighted by Gasteiger charge is -2.15. The highest BCUT2D eigenvalue weighted by atomic mass is 35.5. The Morgan fingerprint density at radius 3 is 2.55 bits per heavy atom. The molecular formula is C18H28ClN3. The Bertz CT molecular complexity index is 521. The normalized spacial score (nSPS) is 13.0. The highest BCUT2D eigenvalue weighted by molar-refractivity contribution is 6.31. The van der Waals surface area contributed by atoms with Crippen LogP contribution in [-0.4, -0.2) is 12.9 Å². The number of benzene rings is 1. The Morgan fingerprint density at radius 1 is 1.23 bits per heavy atom. The molecule has 0 saturated heterocycles. The van der Waals surface area contributed by atoms with Gasteiger partial charge in [-0.05, 0) is 30.9 Å². The minimum absolute atomic E-state index is 0.651. The molecule has 3 N–H and O–H groups in total. The molecule has 0 spiro atoms. The quantitative estimate of drug-likeness (QED) is 0.415. The van der Waals surface area contributed by atoms with Gasteiger partial charge in [0.05, 0.1) is 0 Å². The van der Waals surface area contributed by atoms with Crippen LogP contribution in [0.2, 0.25) is 5.02 Å². The van der Waals surface area contributed by atoms with E-state index < -0.39 is 0 Å². The lowest BCUT2D eigenvalue weighted by Crippen LogP contribution is -2.27. The Labute approximate surface area is 139 Å². The number of unbranched alkanes of at least 4 members (excludes halogenated alkanes) is 2. The summed E-state index contributed by atoms with van der Waals surface area (Å²) in [5.41, 5.74) is 9.40. The molecule has 0 fully saturated rings. The maximum Gasteiger partial charge on any atom is 0.125 e. The van der Waals surface area contributed by atoms with Crippen LogP contribution in [0.5, 0.6) is 0 Å². The first-order valence-electron chi connectivity index (χ1n) is 8.05. The van der Waals surface area contributed by atoms with Crippen molar-refractivity contribution in [2.24, 2.45) is 10.7 Å². The topological polar surface area (TPSA) is 50.4 Å². The lowest BCUT2D eigenvalue weighted by molar-refractivity contribution is 0.705. The van der Waals surface area contributed by atoms with Crippen molar-refractivity contribution in [2.45, 2.75) is 52.5 Å². The number of nitrogens with one attached hydrogen (secondary N) is 1. The number of allylic oxidation sites excluding steroid dienone is 1. The van der Waals surface area contributed by atoms with E-state index >= 15 is 0 Å². The number of rotatable bonds is 8. The van der Waals surface area contributed by atoms with Crippen LogP contribution >= 0.6 is 11.6 Å². The molecular weight excluding hydrogens is 294 g/mol. The molecule has 3 nitrogen and oxygen atoms in total. The zero-order valence-corrected chi connectivity index (χ0v) is 14.7. The van der Waals surface area contributed by atoms with Crippen molar-refractivity contribution >= 4 is 17.4 Å². The first kappa shape index (κ1) is 18.6. The Kier molecular flexibility index (Phi) is 8.68. The summed E-state index contributed by atoms with van der Waals surface area (Å²) in [5.74, 6) is 0.872. The van der Waals surface area contributed by atoms with Crippen molar-refractivity contribution in [1.29, 1.82) is 0 Å². The molecule has 0 aliphatic rings. The second-order valence-electron chi connectivity index (χ2n) is 5.33. The monoisotopic (exact) mass is 321 g/mol. The van der Waals surface area contributed by atoms with Crippen molar-refractivity contribution in [3.63, 3.8) is 0 Å². The summed E-state index contributed by atoms with van der Waals surface area (Å²) < 4.78 is 0. The van der Waals surface area contributed by atoms with Crippen molar-refractivity contribution in [1.82, 2.24) is 5.32 Å². The third-order valence-electron chi connectivity index (χ3n) is 3.70. The third kappa shape index (κ3) is 5.72. The molecule has 0 heterocycles. The van der Waals surface area contributed by atoms with Crippen molar-refractivity contribution in [3.05, 3.63) is 46.1 Å². The fraction of sp³-hybridized carbons (Fsp3) is 0.500. The summed E-state index contributed by atoms with van der Waals surface area (Å²) >= 11 is 6.19. The molecule has 0 unspecified atom stereocenters. The third-order valence-corrected chi connectivity index (χ3v) is 4.07. The maximum absolute atomic E-state index is 6.28. The summed E-state index contributed by atoms with van der Waals surface area (Å²) in [7, 11) is 1.80. The van der Waals surface area contributed by atoms with Crippen molar-refractivity contribution in [2.75, 3.05) is 7.05 Å². The van der Waals surface area contributed by atoms with Crippen LogP contribution in [0, 0.1) is 0 Å². The first-order valence-corrected chi connectivity index (χ1v) is 8.43. The molecule has 0 saturated carbocycles. The van der Waals surface area contributed by atoms with Crippen molar-refractivity contribution in [3.8, 4) is 0 Å². The highest BCUT2D eigenvalue weighted by Crippen LogP contribution is 2.16. The minimum Gasteiger partial charge on any atom is -0.402 e. The molecule has 122 valence electrons. The molecule has 1 aromatic rings. The molecule has 0 aliphatic carbocycles. The van der Waals surface area contributed by atoms with Gasteiger partial charge in [-0.15, -0.1) is 0 Å². The van der Waals surface area contributed by atoms with E-state index in [4.69, 9.17) is 17.3 Å². The molecule has 0 aliphatic heterocycles. The van der Waals surface area contributed by atoms with Gasteiger partial charge in [0.25, 0.3) is 0 Å². The molecule has 0 atom stereocenters. The fourth-order valence-electron chi connectivity index (χ4n) is 2.40. The van der Waals surface area contributed by atoms with E-state index in [1.165, 1.54) is 12.8 Å². The second-order valence-corrected chi connectivity index (χ2v) is 5.74. The van der Waals surface area contributed by atoms with Crippen LogP contribution in [0.25, 0.3) is 0 Å². The summed E-state index contributed by atoms with van der Waals surface area (Å²) in [6.07, 6.45) is 5.36. The zero-order valence-electron chi connectivity index (χ0n) is 14.0.